The van der Waals surface area contributed by atoms with E-state index in [0.717, 1.165) is 33.3 Å². The first-order valence-corrected chi connectivity index (χ1v) is 9.48. The van der Waals surface area contributed by atoms with Gasteiger partial charge in [0.05, 0.1) is 5.56 Å². The van der Waals surface area contributed by atoms with Gasteiger partial charge in [0.15, 0.2) is 0 Å². The summed E-state index contributed by atoms with van der Waals surface area (Å²) >= 11 is 0. The first-order chi connectivity index (χ1) is 15.5. The van der Waals surface area contributed by atoms with Crippen molar-refractivity contribution in [3.8, 4) is 0 Å². The van der Waals surface area contributed by atoms with E-state index in [-0.39, 0.29) is 11.7 Å². The minimum absolute atomic E-state index is 0.0195. The number of aromatic nitrogens is 1. The van der Waals surface area contributed by atoms with E-state index in [0.29, 0.717) is 11.3 Å². The summed E-state index contributed by atoms with van der Waals surface area (Å²) in [7, 11) is 0. The number of hydrogen-bond donors (Lipinski definition) is 0. The molecule has 0 bridgehead atoms. The zero-order valence-corrected chi connectivity index (χ0v) is 15.4. The van der Waals surface area contributed by atoms with Gasteiger partial charge in [-0.3, -0.25) is 0 Å². The lowest BCUT2D eigenvalue weighted by Gasteiger charge is -2.09. The van der Waals surface area contributed by atoms with Gasteiger partial charge in [0.1, 0.15) is 5.69 Å². The molecule has 0 N–H and O–H groups in total. The highest BCUT2D eigenvalue weighted by atomic mass is 16.3. The monoisotopic (exact) mass is 379 g/mol. The summed E-state index contributed by atoms with van der Waals surface area (Å²) in [5.41, 5.74) is 4.93. The van der Waals surface area contributed by atoms with E-state index in [1.54, 1.807) is 12.1 Å². The van der Waals surface area contributed by atoms with E-state index in [4.69, 9.17) is 13.6 Å². The van der Waals surface area contributed by atoms with Crippen LogP contribution in [0.4, 0.5) is 11.4 Å². The van der Waals surface area contributed by atoms with E-state index in [9.17, 15) is 0 Å². The minimum atomic E-state index is -2.29. The number of furan rings is 1. The van der Waals surface area contributed by atoms with E-state index >= 15 is 0 Å². The Hall–Kier alpha value is -3.79. The van der Waals surface area contributed by atoms with E-state index in [1.165, 1.54) is 0 Å². The van der Waals surface area contributed by atoms with Crippen LogP contribution in [0.3, 0.4) is 0 Å². The molecule has 0 fully saturated rings. The molecule has 0 saturated heterocycles. The van der Waals surface area contributed by atoms with Crippen LogP contribution in [0.1, 0.15) is 27.0 Å². The highest BCUT2D eigenvalue weighted by molar-refractivity contribution is 6.06. The van der Waals surface area contributed by atoms with E-state index in [2.05, 4.69) is 23.2 Å². The van der Waals surface area contributed by atoms with Gasteiger partial charge in [-0.15, -0.1) is 0 Å². The maximum atomic E-state index is 7.66. The molecule has 0 saturated carbocycles. The minimum Gasteiger partial charge on any atom is -0.431 e. The number of pyridine rings is 1. The quantitative estimate of drug-likeness (QED) is 0.316. The van der Waals surface area contributed by atoms with Crippen LogP contribution in [0.25, 0.3) is 22.1 Å². The fraction of sp³-hybridized carbons (Fsp3) is 0.0800. The highest BCUT2D eigenvalue weighted by Gasteiger charge is 2.39. The average Bonchev–Trinajstić information content (AvgIpc) is 3.37. The summed E-state index contributed by atoms with van der Waals surface area (Å²) in [5.74, 6) is 0. The van der Waals surface area contributed by atoms with Crippen molar-refractivity contribution in [2.45, 2.75) is 12.9 Å². The van der Waals surface area contributed by atoms with Gasteiger partial charge >= 0.3 is 0 Å². The lowest BCUT2D eigenvalue weighted by molar-refractivity contribution is -0.535. The lowest BCUT2D eigenvalue weighted by Crippen LogP contribution is -2.10. The van der Waals surface area contributed by atoms with Crippen molar-refractivity contribution in [1.29, 1.82) is 0 Å². The van der Waals surface area contributed by atoms with Crippen molar-refractivity contribution in [2.75, 3.05) is 0 Å². The Balaban J connectivity index is 1.59. The van der Waals surface area contributed by atoms with Crippen molar-refractivity contribution >= 4 is 33.4 Å². The summed E-state index contributed by atoms with van der Waals surface area (Å²) in [5, 5.41) is 6.58. The molecule has 5 aromatic rings. The number of hydrogen-bond acceptors (Lipinski definition) is 3. The number of rotatable bonds is 2. The number of para-hydroxylation sites is 1. The molecule has 1 atom stereocenters. The molecule has 3 aromatic carbocycles. The second kappa shape index (κ2) is 6.11. The fourth-order valence-corrected chi connectivity index (χ4v) is 4.11. The molecule has 4 heteroatoms. The largest absolute Gasteiger partial charge is 0.431 e. The second-order valence-electron chi connectivity index (χ2n) is 7.12. The molecule has 6 rings (SSSR count). The Kier molecular flexibility index (Phi) is 2.82. The van der Waals surface area contributed by atoms with Crippen molar-refractivity contribution in [3.63, 3.8) is 0 Å². The molecule has 3 heterocycles. The first-order valence-electron chi connectivity index (χ1n) is 11.0. The smallest absolute Gasteiger partial charge is 0.276 e. The maximum absolute atomic E-state index is 7.66. The summed E-state index contributed by atoms with van der Waals surface area (Å²) in [4.78, 5) is 4.29. The summed E-state index contributed by atoms with van der Waals surface area (Å²) in [6.07, 6.45) is 0. The van der Waals surface area contributed by atoms with Gasteiger partial charge in [0, 0.05) is 37.3 Å². The summed E-state index contributed by atoms with van der Waals surface area (Å²) in [6, 6.07) is 27.5. The standard InChI is InChI=1S/C25H18N3O/c1-16-14-15-19-18-11-7-13-22(24(18)29-25(19)26-16)28-23(17-8-3-2-4-9-17)20-10-5-6-12-21(20)27-28/h2-15,23H,1H3/q+1/i1D3. The average molecular weight is 379 g/mol. The fourth-order valence-electron chi connectivity index (χ4n) is 4.11. The third-order valence-electron chi connectivity index (χ3n) is 5.40. The van der Waals surface area contributed by atoms with Crippen LogP contribution in [0.2, 0.25) is 0 Å². The van der Waals surface area contributed by atoms with E-state index in [1.807, 2.05) is 59.3 Å². The van der Waals surface area contributed by atoms with Gasteiger partial charge < -0.3 is 4.42 Å². The number of azo groups is 2. The molecule has 1 aliphatic rings. The molecule has 29 heavy (non-hydrogen) atoms. The third-order valence-corrected chi connectivity index (χ3v) is 5.40. The molecule has 2 aromatic heterocycles. The Morgan fingerprint density at radius 2 is 1.72 bits per heavy atom. The van der Waals surface area contributed by atoms with Gasteiger partial charge in [-0.2, -0.15) is 0 Å². The van der Waals surface area contributed by atoms with Crippen LogP contribution in [0.15, 0.2) is 94.5 Å². The molecule has 0 amide bonds. The molecule has 1 aliphatic heterocycles. The van der Waals surface area contributed by atoms with Crippen LogP contribution in [0.5, 0.6) is 0 Å². The van der Waals surface area contributed by atoms with Crippen LogP contribution in [-0.4, -0.2) is 9.68 Å². The number of fused-ring (bicyclic) bond motifs is 4. The number of nitrogens with zero attached hydrogens (tertiary/aromatic N) is 3. The van der Waals surface area contributed by atoms with Gasteiger partial charge in [-0.05, 0) is 37.2 Å². The zero-order valence-electron chi connectivity index (χ0n) is 18.4. The molecule has 1 unspecified atom stereocenters. The summed E-state index contributed by atoms with van der Waals surface area (Å²) < 4.78 is 31.1. The van der Waals surface area contributed by atoms with Crippen molar-refractivity contribution in [3.05, 3.63) is 102 Å². The highest BCUT2D eigenvalue weighted by Crippen LogP contribution is 2.45. The Labute approximate surface area is 172 Å². The topological polar surface area (TPSA) is 41.4 Å². The second-order valence-corrected chi connectivity index (χ2v) is 7.12. The molecule has 0 radical (unpaired) electrons. The van der Waals surface area contributed by atoms with Gasteiger partial charge in [-0.25, -0.2) is 4.98 Å². The Morgan fingerprint density at radius 1 is 0.862 bits per heavy atom. The molecular formula is C25H18N3O+. The molecule has 138 valence electrons. The predicted molar refractivity (Wildman–Crippen MR) is 113 cm³/mol. The van der Waals surface area contributed by atoms with Crippen LogP contribution in [0, 0.1) is 6.85 Å². The number of benzene rings is 3. The maximum Gasteiger partial charge on any atom is 0.276 e. The normalized spacial score (nSPS) is 17.6. The van der Waals surface area contributed by atoms with Crippen LogP contribution in [-0.2, 0) is 0 Å². The molecule has 4 nitrogen and oxygen atoms in total. The van der Waals surface area contributed by atoms with Crippen LogP contribution >= 0.6 is 0 Å². The van der Waals surface area contributed by atoms with E-state index < -0.39 is 6.85 Å². The van der Waals surface area contributed by atoms with Crippen molar-refractivity contribution in [1.82, 2.24) is 4.98 Å². The van der Waals surface area contributed by atoms with Gasteiger partial charge in [0.25, 0.3) is 5.69 Å². The first kappa shape index (κ1) is 13.4. The summed E-state index contributed by atoms with van der Waals surface area (Å²) in [6.45, 7) is -2.29. The van der Waals surface area contributed by atoms with Gasteiger partial charge in [0.2, 0.25) is 17.3 Å². The molecule has 0 aliphatic carbocycles. The predicted octanol–water partition coefficient (Wildman–Crippen LogP) is 6.82. The molecular weight excluding hydrogens is 358 g/mol. The lowest BCUT2D eigenvalue weighted by atomic mass is 9.98. The third kappa shape index (κ3) is 2.42. The van der Waals surface area contributed by atoms with Crippen molar-refractivity contribution < 1.29 is 13.2 Å². The Bertz CT molecular complexity index is 1520. The SMILES string of the molecule is [2H]C([2H])([2H])c1ccc2c(n1)oc1c([N+]3=Nc4ccccc4C3c3ccccc3)cccc12. The van der Waals surface area contributed by atoms with Crippen LogP contribution < -0.4 is 0 Å². The van der Waals surface area contributed by atoms with Gasteiger partial charge in [-0.1, -0.05) is 53.2 Å². The number of aryl methyl sites for hydroxylation is 1. The zero-order chi connectivity index (χ0) is 21.9. The van der Waals surface area contributed by atoms with Crippen molar-refractivity contribution in [2.24, 2.45) is 5.11 Å². The Morgan fingerprint density at radius 3 is 2.62 bits per heavy atom. The molecule has 0 spiro atoms.